The van der Waals surface area contributed by atoms with Crippen LogP contribution >= 0.6 is 0 Å². The molecular weight excluding hydrogens is 368 g/mol. The zero-order chi connectivity index (χ0) is 21.1. The third kappa shape index (κ3) is 4.43. The summed E-state index contributed by atoms with van der Waals surface area (Å²) < 4.78 is 0. The van der Waals surface area contributed by atoms with Crippen LogP contribution in [-0.4, -0.2) is 35.3 Å². The highest BCUT2D eigenvalue weighted by Crippen LogP contribution is 2.27. The van der Waals surface area contributed by atoms with Crippen LogP contribution in [-0.2, 0) is 6.54 Å². The van der Waals surface area contributed by atoms with Gasteiger partial charge in [-0.3, -0.25) is 9.89 Å². The van der Waals surface area contributed by atoms with Crippen molar-refractivity contribution in [2.24, 2.45) is 5.73 Å². The molecule has 8 heteroatoms. The van der Waals surface area contributed by atoms with Crippen molar-refractivity contribution >= 4 is 28.9 Å². The molecule has 3 aromatic rings. The highest BCUT2D eigenvalue weighted by molar-refractivity contribution is 6.03. The van der Waals surface area contributed by atoms with E-state index in [9.17, 15) is 9.90 Å². The van der Waals surface area contributed by atoms with Gasteiger partial charge in [0.15, 0.2) is 5.82 Å². The molecule has 0 spiro atoms. The number of amides is 1. The van der Waals surface area contributed by atoms with Crippen molar-refractivity contribution in [3.63, 3.8) is 0 Å². The highest BCUT2D eigenvalue weighted by Gasteiger charge is 2.19. The fraction of sp³-hybridized carbons (Fsp3) is 0.238. The normalized spacial score (nSPS) is 10.6. The Hall–Kier alpha value is -3.68. The Morgan fingerprint density at radius 1 is 1.17 bits per heavy atom. The first-order chi connectivity index (χ1) is 13.8. The summed E-state index contributed by atoms with van der Waals surface area (Å²) in [6, 6.07) is 11.5. The maximum absolute atomic E-state index is 12.0. The van der Waals surface area contributed by atoms with E-state index in [4.69, 9.17) is 5.73 Å². The van der Waals surface area contributed by atoms with Crippen LogP contribution in [0.3, 0.4) is 0 Å². The molecule has 0 aliphatic rings. The number of aromatic amines is 1. The predicted octanol–water partition coefficient (Wildman–Crippen LogP) is 3.25. The first-order valence-electron chi connectivity index (χ1n) is 9.21. The van der Waals surface area contributed by atoms with Gasteiger partial charge in [-0.15, -0.1) is 0 Å². The molecule has 8 nitrogen and oxygen atoms in total. The highest BCUT2D eigenvalue weighted by atomic mass is 16.3. The summed E-state index contributed by atoms with van der Waals surface area (Å²) in [7, 11) is 3.94. The topological polar surface area (TPSA) is 119 Å². The van der Waals surface area contributed by atoms with Crippen molar-refractivity contribution in [2.45, 2.75) is 20.4 Å². The summed E-state index contributed by atoms with van der Waals surface area (Å²) in [4.78, 5) is 14.0. The van der Waals surface area contributed by atoms with E-state index in [1.807, 2.05) is 69.2 Å². The third-order valence-corrected chi connectivity index (χ3v) is 4.68. The van der Waals surface area contributed by atoms with Crippen molar-refractivity contribution in [1.29, 1.82) is 0 Å². The largest absolute Gasteiger partial charge is 0.507 e. The number of aromatic nitrogens is 2. The molecule has 152 valence electrons. The Balaban J connectivity index is 1.79. The molecule has 0 fully saturated rings. The smallest absolute Gasteiger partial charge is 0.256 e. The van der Waals surface area contributed by atoms with Crippen LogP contribution in [0.15, 0.2) is 36.4 Å². The zero-order valence-corrected chi connectivity index (χ0v) is 17.0. The Labute approximate surface area is 169 Å². The first kappa shape index (κ1) is 20.1. The first-order valence-corrected chi connectivity index (χ1v) is 9.21. The van der Waals surface area contributed by atoms with Gasteiger partial charge < -0.3 is 26.4 Å². The average molecular weight is 394 g/mol. The average Bonchev–Trinajstić information content (AvgIpc) is 3.07. The Bertz CT molecular complexity index is 1000. The second kappa shape index (κ2) is 8.14. The zero-order valence-electron chi connectivity index (χ0n) is 17.0. The van der Waals surface area contributed by atoms with Gasteiger partial charge in [0.1, 0.15) is 17.1 Å². The van der Waals surface area contributed by atoms with Crippen LogP contribution in [0.4, 0.5) is 23.0 Å². The lowest BCUT2D eigenvalue weighted by Gasteiger charge is -2.13. The molecule has 2 aromatic carbocycles. The number of carbonyl (C=O) groups is 1. The van der Waals surface area contributed by atoms with E-state index in [0.717, 1.165) is 28.1 Å². The maximum Gasteiger partial charge on any atom is 0.256 e. The van der Waals surface area contributed by atoms with Crippen LogP contribution in [0.2, 0.25) is 0 Å². The third-order valence-electron chi connectivity index (χ3n) is 4.68. The number of aromatic hydroxyl groups is 1. The number of benzene rings is 2. The number of phenolic OH excluding ortho intramolecular Hbond substituents is 1. The second-order valence-corrected chi connectivity index (χ2v) is 7.18. The van der Waals surface area contributed by atoms with Crippen LogP contribution in [0.25, 0.3) is 0 Å². The second-order valence-electron chi connectivity index (χ2n) is 7.18. The van der Waals surface area contributed by atoms with E-state index in [2.05, 4.69) is 20.8 Å². The minimum absolute atomic E-state index is 0.258. The van der Waals surface area contributed by atoms with Gasteiger partial charge in [-0.2, -0.15) is 5.10 Å². The van der Waals surface area contributed by atoms with E-state index in [1.165, 1.54) is 0 Å². The number of hydrogen-bond acceptors (Lipinski definition) is 6. The molecule has 0 unspecified atom stereocenters. The summed E-state index contributed by atoms with van der Waals surface area (Å²) in [5, 5.41) is 23.2. The van der Waals surface area contributed by atoms with E-state index in [-0.39, 0.29) is 5.56 Å². The quantitative estimate of drug-likeness (QED) is 0.420. The molecular formula is C21H26N6O2. The molecule has 6 N–H and O–H groups in total. The number of carbonyl (C=O) groups excluding carboxylic acids is 1. The number of primary amides is 1. The molecule has 1 heterocycles. The van der Waals surface area contributed by atoms with Crippen LogP contribution in [0.5, 0.6) is 5.75 Å². The minimum atomic E-state index is -0.591. The summed E-state index contributed by atoms with van der Waals surface area (Å²) in [6.07, 6.45) is 0. The van der Waals surface area contributed by atoms with Crippen molar-refractivity contribution in [1.82, 2.24) is 10.2 Å². The molecule has 0 saturated heterocycles. The molecule has 0 radical (unpaired) electrons. The number of H-pyrrole nitrogens is 1. The van der Waals surface area contributed by atoms with Gasteiger partial charge in [0.05, 0.1) is 0 Å². The van der Waals surface area contributed by atoms with Crippen molar-refractivity contribution in [3.8, 4) is 5.75 Å². The number of aryl methyl sites for hydroxylation is 2. The molecule has 0 aliphatic carbocycles. The van der Waals surface area contributed by atoms with Crippen molar-refractivity contribution in [3.05, 3.63) is 58.7 Å². The van der Waals surface area contributed by atoms with E-state index >= 15 is 0 Å². The lowest BCUT2D eigenvalue weighted by molar-refractivity contribution is 0.100. The Morgan fingerprint density at radius 3 is 2.34 bits per heavy atom. The fourth-order valence-corrected chi connectivity index (χ4v) is 3.12. The minimum Gasteiger partial charge on any atom is -0.507 e. The monoisotopic (exact) mass is 394 g/mol. The summed E-state index contributed by atoms with van der Waals surface area (Å²) in [5.41, 5.74) is 10.3. The molecule has 0 bridgehead atoms. The lowest BCUT2D eigenvalue weighted by atomic mass is 10.1. The molecule has 0 aliphatic heterocycles. The molecule has 29 heavy (non-hydrogen) atoms. The molecule has 0 saturated carbocycles. The molecule has 0 atom stereocenters. The van der Waals surface area contributed by atoms with E-state index in [0.29, 0.717) is 23.9 Å². The molecule has 1 aromatic heterocycles. The Kier molecular flexibility index (Phi) is 5.63. The van der Waals surface area contributed by atoms with Gasteiger partial charge in [0.25, 0.3) is 5.91 Å². The van der Waals surface area contributed by atoms with E-state index < -0.39 is 5.91 Å². The van der Waals surface area contributed by atoms with Gasteiger partial charge in [0.2, 0.25) is 0 Å². The van der Waals surface area contributed by atoms with E-state index in [1.54, 1.807) is 0 Å². The number of rotatable bonds is 7. The van der Waals surface area contributed by atoms with Crippen molar-refractivity contribution in [2.75, 3.05) is 29.6 Å². The van der Waals surface area contributed by atoms with Crippen LogP contribution in [0.1, 0.15) is 27.0 Å². The molecule has 1 amide bonds. The van der Waals surface area contributed by atoms with Gasteiger partial charge >= 0.3 is 0 Å². The van der Waals surface area contributed by atoms with Gasteiger partial charge in [0, 0.05) is 32.0 Å². The summed E-state index contributed by atoms with van der Waals surface area (Å²) >= 11 is 0. The number of phenols is 1. The number of nitrogens with one attached hydrogen (secondary N) is 3. The predicted molar refractivity (Wildman–Crippen MR) is 116 cm³/mol. The van der Waals surface area contributed by atoms with Crippen LogP contribution < -0.4 is 21.3 Å². The summed E-state index contributed by atoms with van der Waals surface area (Å²) in [5.74, 6) is 0.496. The standard InChI is InChI=1S/C21H26N6O2/c1-12-9-14(10-13(2)18(12)28)11-23-20-17(19(22)29)21(26-25-20)24-15-5-7-16(8-6-15)27(3)4/h5-10,28H,11H2,1-4H3,(H2,22,29)(H3,23,24,25,26). The number of anilines is 4. The van der Waals surface area contributed by atoms with Crippen molar-refractivity contribution < 1.29 is 9.90 Å². The number of nitrogens with two attached hydrogens (primary N) is 1. The fourth-order valence-electron chi connectivity index (χ4n) is 3.12. The maximum atomic E-state index is 12.0. The molecule has 3 rings (SSSR count). The van der Waals surface area contributed by atoms with Gasteiger partial charge in [-0.25, -0.2) is 0 Å². The lowest BCUT2D eigenvalue weighted by Crippen LogP contribution is -2.15. The number of hydrogen-bond donors (Lipinski definition) is 5. The van der Waals surface area contributed by atoms with Gasteiger partial charge in [-0.05, 0) is 54.8 Å². The number of nitrogens with zero attached hydrogens (tertiary/aromatic N) is 2. The summed E-state index contributed by atoms with van der Waals surface area (Å²) in [6.45, 7) is 4.14. The van der Waals surface area contributed by atoms with Crippen LogP contribution in [0, 0.1) is 13.8 Å². The SMILES string of the molecule is Cc1cc(CNc2[nH]nc(Nc3ccc(N(C)C)cc3)c2C(N)=O)cc(C)c1O. The Morgan fingerprint density at radius 2 is 1.79 bits per heavy atom. The van der Waals surface area contributed by atoms with Gasteiger partial charge in [-0.1, -0.05) is 12.1 Å².